The number of thioether (sulfide) groups is 1. The quantitative estimate of drug-likeness (QED) is 0.664. The summed E-state index contributed by atoms with van der Waals surface area (Å²) >= 11 is 1.31. The summed E-state index contributed by atoms with van der Waals surface area (Å²) in [5.41, 5.74) is 0.840. The lowest BCUT2D eigenvalue weighted by molar-refractivity contribution is -0.115. The van der Waals surface area contributed by atoms with E-state index >= 15 is 0 Å². The first-order valence-electron chi connectivity index (χ1n) is 7.93. The molecule has 3 aromatic rings. The van der Waals surface area contributed by atoms with Crippen LogP contribution >= 0.6 is 11.8 Å². The molecule has 26 heavy (non-hydrogen) atoms. The average Bonchev–Trinajstić information content (AvgIpc) is 3.20. The number of amides is 1. The summed E-state index contributed by atoms with van der Waals surface area (Å²) in [6, 6.07) is 9.26. The van der Waals surface area contributed by atoms with Crippen LogP contribution in [0.4, 0.5) is 5.82 Å². The van der Waals surface area contributed by atoms with Crippen LogP contribution in [0.15, 0.2) is 40.0 Å². The minimum absolute atomic E-state index is 0.190. The van der Waals surface area contributed by atoms with Crippen molar-refractivity contribution in [3.63, 3.8) is 0 Å². The Morgan fingerprint density at radius 1 is 1.35 bits per heavy atom. The molecule has 0 bridgehead atoms. The monoisotopic (exact) mass is 373 g/mol. The van der Waals surface area contributed by atoms with E-state index in [1.54, 1.807) is 27.0 Å². The van der Waals surface area contributed by atoms with Crippen molar-refractivity contribution in [2.24, 2.45) is 7.05 Å². The molecule has 0 fully saturated rings. The van der Waals surface area contributed by atoms with E-state index in [9.17, 15) is 4.79 Å². The summed E-state index contributed by atoms with van der Waals surface area (Å²) < 4.78 is 12.2. The molecule has 2 heterocycles. The second-order valence-corrected chi connectivity index (χ2v) is 6.95. The number of benzene rings is 1. The molecule has 0 saturated heterocycles. The number of para-hydroxylation sites is 1. The van der Waals surface area contributed by atoms with E-state index < -0.39 is 0 Å². The Balaban J connectivity index is 1.74. The van der Waals surface area contributed by atoms with Crippen LogP contribution in [0.25, 0.3) is 11.4 Å². The first-order chi connectivity index (χ1) is 12.5. The Kier molecular flexibility index (Phi) is 5.27. The van der Waals surface area contributed by atoms with Gasteiger partial charge in [-0.05, 0) is 26.0 Å². The first-order valence-corrected chi connectivity index (χ1v) is 8.81. The molecule has 136 valence electrons. The van der Waals surface area contributed by atoms with Crippen LogP contribution in [-0.2, 0) is 11.8 Å². The molecule has 1 atom stereocenters. The molecule has 0 radical (unpaired) electrons. The molecule has 0 saturated carbocycles. The van der Waals surface area contributed by atoms with Gasteiger partial charge in [0.25, 0.3) is 0 Å². The van der Waals surface area contributed by atoms with E-state index in [1.165, 1.54) is 11.8 Å². The predicted octanol–water partition coefficient (Wildman–Crippen LogP) is 2.91. The van der Waals surface area contributed by atoms with Crippen LogP contribution in [0.2, 0.25) is 0 Å². The molecule has 0 aliphatic carbocycles. The van der Waals surface area contributed by atoms with Gasteiger partial charge in [-0.25, -0.2) is 0 Å². The van der Waals surface area contributed by atoms with Gasteiger partial charge in [-0.3, -0.25) is 4.79 Å². The maximum absolute atomic E-state index is 12.3. The van der Waals surface area contributed by atoms with E-state index in [4.69, 9.17) is 9.26 Å². The lowest BCUT2D eigenvalue weighted by atomic mass is 10.2. The molecule has 0 spiro atoms. The fourth-order valence-electron chi connectivity index (χ4n) is 2.35. The standard InChI is InChI=1S/C17H19N5O3S/c1-10-9-14(21-25-10)18-16(23)11(2)26-17-20-19-15(22(17)3)12-7-5-6-8-13(12)24-4/h5-9,11H,1-4H3,(H,18,21,23)/t11-/m0/s1. The van der Waals surface area contributed by atoms with E-state index in [0.29, 0.717) is 28.3 Å². The summed E-state index contributed by atoms with van der Waals surface area (Å²) in [7, 11) is 3.47. The molecule has 8 nitrogen and oxygen atoms in total. The average molecular weight is 373 g/mol. The van der Waals surface area contributed by atoms with Crippen LogP contribution in [0.1, 0.15) is 12.7 Å². The summed E-state index contributed by atoms with van der Waals surface area (Å²) in [5, 5.41) is 15.2. The van der Waals surface area contributed by atoms with Crippen molar-refractivity contribution in [3.8, 4) is 17.1 Å². The molecule has 9 heteroatoms. The number of nitrogens with zero attached hydrogens (tertiary/aromatic N) is 4. The molecular formula is C17H19N5O3S. The second-order valence-electron chi connectivity index (χ2n) is 5.64. The van der Waals surface area contributed by atoms with Crippen molar-refractivity contribution < 1.29 is 14.1 Å². The predicted molar refractivity (Wildman–Crippen MR) is 98.2 cm³/mol. The normalized spacial score (nSPS) is 12.0. The first kappa shape index (κ1) is 18.0. The van der Waals surface area contributed by atoms with Crippen molar-refractivity contribution in [2.75, 3.05) is 12.4 Å². The third kappa shape index (κ3) is 3.72. The largest absolute Gasteiger partial charge is 0.496 e. The number of aryl methyl sites for hydroxylation is 1. The molecule has 2 aromatic heterocycles. The van der Waals surface area contributed by atoms with Crippen molar-refractivity contribution in [1.82, 2.24) is 19.9 Å². The van der Waals surface area contributed by atoms with Gasteiger partial charge in [-0.2, -0.15) is 0 Å². The fourth-order valence-corrected chi connectivity index (χ4v) is 3.16. The summed E-state index contributed by atoms with van der Waals surface area (Å²) in [6.45, 7) is 3.56. The summed E-state index contributed by atoms with van der Waals surface area (Å²) in [5.74, 6) is 2.23. The number of ether oxygens (including phenoxy) is 1. The third-order valence-electron chi connectivity index (χ3n) is 3.71. The van der Waals surface area contributed by atoms with Gasteiger partial charge in [0.2, 0.25) is 5.91 Å². The van der Waals surface area contributed by atoms with Gasteiger partial charge in [-0.1, -0.05) is 29.1 Å². The highest BCUT2D eigenvalue weighted by Crippen LogP contribution is 2.31. The van der Waals surface area contributed by atoms with Gasteiger partial charge in [0, 0.05) is 13.1 Å². The van der Waals surface area contributed by atoms with Crippen LogP contribution in [0.5, 0.6) is 5.75 Å². The van der Waals surface area contributed by atoms with Gasteiger partial charge < -0.3 is 19.1 Å². The summed E-state index contributed by atoms with van der Waals surface area (Å²) in [6.07, 6.45) is 0. The number of nitrogens with one attached hydrogen (secondary N) is 1. The van der Waals surface area contributed by atoms with Crippen LogP contribution in [0.3, 0.4) is 0 Å². The van der Waals surface area contributed by atoms with E-state index in [1.807, 2.05) is 35.9 Å². The van der Waals surface area contributed by atoms with Gasteiger partial charge in [-0.15, -0.1) is 10.2 Å². The fraction of sp³-hybridized carbons (Fsp3) is 0.294. The highest BCUT2D eigenvalue weighted by Gasteiger charge is 2.21. The molecular weight excluding hydrogens is 354 g/mol. The minimum Gasteiger partial charge on any atom is -0.496 e. The van der Waals surface area contributed by atoms with Crippen molar-refractivity contribution in [3.05, 3.63) is 36.1 Å². The van der Waals surface area contributed by atoms with Crippen molar-refractivity contribution in [1.29, 1.82) is 0 Å². The number of hydrogen-bond donors (Lipinski definition) is 1. The zero-order valence-corrected chi connectivity index (χ0v) is 15.7. The number of anilines is 1. The number of rotatable bonds is 6. The molecule has 0 aliphatic heterocycles. The smallest absolute Gasteiger partial charge is 0.238 e. The Morgan fingerprint density at radius 2 is 2.12 bits per heavy atom. The van der Waals surface area contributed by atoms with E-state index in [0.717, 1.165) is 5.56 Å². The molecule has 3 rings (SSSR count). The van der Waals surface area contributed by atoms with Gasteiger partial charge in [0.15, 0.2) is 16.8 Å². The van der Waals surface area contributed by atoms with E-state index in [-0.39, 0.29) is 11.2 Å². The topological polar surface area (TPSA) is 95.1 Å². The van der Waals surface area contributed by atoms with Crippen LogP contribution in [0, 0.1) is 6.92 Å². The SMILES string of the molecule is COc1ccccc1-c1nnc(S[C@@H](C)C(=O)Nc2cc(C)on2)n1C. The Hall–Kier alpha value is -2.81. The molecule has 0 unspecified atom stereocenters. The molecule has 1 N–H and O–H groups in total. The number of carbonyl (C=O) groups is 1. The van der Waals surface area contributed by atoms with E-state index in [2.05, 4.69) is 20.7 Å². The zero-order chi connectivity index (χ0) is 18.7. The lowest BCUT2D eigenvalue weighted by Crippen LogP contribution is -2.23. The molecule has 1 aromatic carbocycles. The molecule has 0 aliphatic rings. The zero-order valence-electron chi connectivity index (χ0n) is 14.9. The number of aromatic nitrogens is 4. The Bertz CT molecular complexity index is 921. The van der Waals surface area contributed by atoms with Gasteiger partial charge in [0.1, 0.15) is 11.5 Å². The maximum atomic E-state index is 12.3. The maximum Gasteiger partial charge on any atom is 0.238 e. The summed E-state index contributed by atoms with van der Waals surface area (Å²) in [4.78, 5) is 12.3. The highest BCUT2D eigenvalue weighted by atomic mass is 32.2. The van der Waals surface area contributed by atoms with Gasteiger partial charge in [0.05, 0.1) is 17.9 Å². The Morgan fingerprint density at radius 3 is 2.81 bits per heavy atom. The minimum atomic E-state index is -0.388. The third-order valence-corrected chi connectivity index (χ3v) is 4.85. The second kappa shape index (κ2) is 7.61. The number of hydrogen-bond acceptors (Lipinski definition) is 7. The van der Waals surface area contributed by atoms with Crippen molar-refractivity contribution >= 4 is 23.5 Å². The lowest BCUT2D eigenvalue weighted by Gasteiger charge is -2.11. The number of carbonyl (C=O) groups excluding carboxylic acids is 1. The van der Waals surface area contributed by atoms with Gasteiger partial charge >= 0.3 is 0 Å². The van der Waals surface area contributed by atoms with Crippen LogP contribution < -0.4 is 10.1 Å². The van der Waals surface area contributed by atoms with Crippen LogP contribution in [-0.4, -0.2) is 38.2 Å². The highest BCUT2D eigenvalue weighted by molar-refractivity contribution is 8.00. The molecule has 1 amide bonds. The number of methoxy groups -OCH3 is 1. The Labute approximate surface area is 154 Å². The van der Waals surface area contributed by atoms with Crippen molar-refractivity contribution in [2.45, 2.75) is 24.3 Å².